The largest absolute Gasteiger partial charge is 0.390 e. The summed E-state index contributed by atoms with van der Waals surface area (Å²) in [6, 6.07) is 10.8. The Morgan fingerprint density at radius 3 is 2.72 bits per heavy atom. The molecule has 2 aromatic rings. The van der Waals surface area contributed by atoms with Crippen LogP contribution in [0, 0.1) is 16.7 Å². The van der Waals surface area contributed by atoms with Crippen LogP contribution in [-0.4, -0.2) is 27.9 Å². The van der Waals surface area contributed by atoms with E-state index in [2.05, 4.69) is 10.3 Å². The first-order valence-corrected chi connectivity index (χ1v) is 7.85. The van der Waals surface area contributed by atoms with E-state index in [0.29, 0.717) is 16.7 Å². The lowest BCUT2D eigenvalue weighted by Crippen LogP contribution is -2.51. The van der Waals surface area contributed by atoms with Crippen LogP contribution in [0.2, 0.25) is 0 Å². The molecule has 1 heterocycles. The summed E-state index contributed by atoms with van der Waals surface area (Å²) in [5, 5.41) is 22.6. The van der Waals surface area contributed by atoms with Crippen molar-refractivity contribution in [3.8, 4) is 6.07 Å². The first kappa shape index (κ1) is 16.8. The SMILES string of the molecule is CC1(C)C(=O)c2ccc(C#N)cc2[C@@H](NC(=O)c2ccccn2)[C@@H]1O. The lowest BCUT2D eigenvalue weighted by atomic mass is 9.68. The molecule has 0 saturated heterocycles. The topological polar surface area (TPSA) is 103 Å². The molecule has 0 bridgehead atoms. The molecule has 1 aromatic heterocycles. The predicted octanol–water partition coefficient (Wildman–Crippen LogP) is 2.01. The van der Waals surface area contributed by atoms with E-state index in [1.165, 1.54) is 12.3 Å². The summed E-state index contributed by atoms with van der Waals surface area (Å²) >= 11 is 0. The minimum absolute atomic E-state index is 0.211. The number of nitrogens with one attached hydrogen (secondary N) is 1. The number of amides is 1. The van der Waals surface area contributed by atoms with E-state index in [9.17, 15) is 14.7 Å². The standard InChI is InChI=1S/C19H17N3O3/c1-19(2)16(23)12-7-6-11(10-20)9-13(12)15(17(19)24)22-18(25)14-5-3-4-8-21-14/h3-9,15,17,24H,1-2H3,(H,22,25)/t15-,17+/m1/s1. The van der Waals surface area contributed by atoms with Crippen LogP contribution in [0.4, 0.5) is 0 Å². The Hall–Kier alpha value is -3.04. The van der Waals surface area contributed by atoms with Gasteiger partial charge in [0, 0.05) is 11.8 Å². The molecule has 0 spiro atoms. The summed E-state index contributed by atoms with van der Waals surface area (Å²) in [7, 11) is 0. The van der Waals surface area contributed by atoms with Crippen LogP contribution in [0.25, 0.3) is 0 Å². The highest BCUT2D eigenvalue weighted by atomic mass is 16.3. The van der Waals surface area contributed by atoms with Gasteiger partial charge in [-0.2, -0.15) is 5.26 Å². The van der Waals surface area contributed by atoms with E-state index in [4.69, 9.17) is 5.26 Å². The molecule has 0 aliphatic heterocycles. The Kier molecular flexibility index (Phi) is 4.11. The van der Waals surface area contributed by atoms with Crippen molar-refractivity contribution in [2.24, 2.45) is 5.41 Å². The summed E-state index contributed by atoms with van der Waals surface area (Å²) in [5.41, 5.74) is 0.349. The second kappa shape index (κ2) is 6.11. The highest BCUT2D eigenvalue weighted by molar-refractivity contribution is 6.04. The van der Waals surface area contributed by atoms with Gasteiger partial charge >= 0.3 is 0 Å². The van der Waals surface area contributed by atoms with Gasteiger partial charge in [-0.05, 0) is 49.7 Å². The Bertz CT molecular complexity index is 885. The molecule has 0 fully saturated rings. The second-order valence-electron chi connectivity index (χ2n) is 6.58. The van der Waals surface area contributed by atoms with E-state index < -0.39 is 23.5 Å². The fraction of sp³-hybridized carbons (Fsp3) is 0.263. The maximum atomic E-state index is 12.7. The quantitative estimate of drug-likeness (QED) is 0.874. The molecule has 126 valence electrons. The number of benzene rings is 1. The number of rotatable bonds is 2. The number of Topliss-reactive ketones (excluding diaryl/α,β-unsaturated/α-hetero) is 1. The molecule has 6 heteroatoms. The average molecular weight is 335 g/mol. The maximum Gasteiger partial charge on any atom is 0.270 e. The van der Waals surface area contributed by atoms with Crippen molar-refractivity contribution in [3.63, 3.8) is 0 Å². The van der Waals surface area contributed by atoms with Crippen molar-refractivity contribution in [2.45, 2.75) is 26.0 Å². The highest BCUT2D eigenvalue weighted by Gasteiger charge is 2.47. The molecular formula is C19H17N3O3. The van der Waals surface area contributed by atoms with Gasteiger partial charge in [0.15, 0.2) is 5.78 Å². The summed E-state index contributed by atoms with van der Waals surface area (Å²) in [5.74, 6) is -0.675. The molecule has 1 amide bonds. The lowest BCUT2D eigenvalue weighted by molar-refractivity contribution is 0.0128. The van der Waals surface area contributed by atoms with Gasteiger partial charge in [-0.1, -0.05) is 6.07 Å². The van der Waals surface area contributed by atoms with Crippen LogP contribution in [0.5, 0.6) is 0 Å². The number of carbonyl (C=O) groups is 2. The number of nitrogens with zero attached hydrogens (tertiary/aromatic N) is 2. The molecule has 0 unspecified atom stereocenters. The number of ketones is 1. The second-order valence-corrected chi connectivity index (χ2v) is 6.58. The first-order valence-electron chi connectivity index (χ1n) is 7.85. The maximum absolute atomic E-state index is 12.7. The van der Waals surface area contributed by atoms with Gasteiger partial charge < -0.3 is 10.4 Å². The molecule has 2 atom stereocenters. The van der Waals surface area contributed by atoms with E-state index in [1.54, 1.807) is 44.2 Å². The number of hydrogen-bond donors (Lipinski definition) is 2. The van der Waals surface area contributed by atoms with Crippen molar-refractivity contribution in [1.82, 2.24) is 10.3 Å². The van der Waals surface area contributed by atoms with Gasteiger partial charge in [0.2, 0.25) is 0 Å². The number of pyridine rings is 1. The molecule has 1 aliphatic rings. The van der Waals surface area contributed by atoms with Gasteiger partial charge in [-0.3, -0.25) is 14.6 Å². The fourth-order valence-electron chi connectivity index (χ4n) is 3.03. The third kappa shape index (κ3) is 2.79. The zero-order valence-corrected chi connectivity index (χ0v) is 13.9. The minimum Gasteiger partial charge on any atom is -0.390 e. The molecule has 1 aromatic carbocycles. The number of carbonyl (C=O) groups excluding carboxylic acids is 2. The molecule has 25 heavy (non-hydrogen) atoms. The number of aliphatic hydroxyl groups is 1. The van der Waals surface area contributed by atoms with Crippen LogP contribution in [-0.2, 0) is 0 Å². The van der Waals surface area contributed by atoms with Crippen molar-refractivity contribution in [1.29, 1.82) is 5.26 Å². The van der Waals surface area contributed by atoms with Crippen molar-refractivity contribution in [2.75, 3.05) is 0 Å². The van der Waals surface area contributed by atoms with E-state index in [-0.39, 0.29) is 11.5 Å². The number of nitriles is 1. The number of aliphatic hydroxyl groups excluding tert-OH is 1. The Labute approximate surface area is 145 Å². The van der Waals surface area contributed by atoms with E-state index in [0.717, 1.165) is 0 Å². The highest BCUT2D eigenvalue weighted by Crippen LogP contribution is 2.41. The molecular weight excluding hydrogens is 318 g/mol. The van der Waals surface area contributed by atoms with Gasteiger partial charge in [0.1, 0.15) is 5.69 Å². The third-order valence-electron chi connectivity index (χ3n) is 4.58. The zero-order valence-electron chi connectivity index (χ0n) is 13.9. The summed E-state index contributed by atoms with van der Waals surface area (Å²) in [6.45, 7) is 3.28. The Morgan fingerprint density at radius 1 is 1.32 bits per heavy atom. The van der Waals surface area contributed by atoms with E-state index in [1.807, 2.05) is 6.07 Å². The molecule has 0 radical (unpaired) electrons. The van der Waals surface area contributed by atoms with Gasteiger partial charge in [-0.15, -0.1) is 0 Å². The average Bonchev–Trinajstić information content (AvgIpc) is 2.64. The monoisotopic (exact) mass is 335 g/mol. The van der Waals surface area contributed by atoms with Crippen LogP contribution in [0.3, 0.4) is 0 Å². The molecule has 2 N–H and O–H groups in total. The van der Waals surface area contributed by atoms with Crippen molar-refractivity contribution >= 4 is 11.7 Å². The van der Waals surface area contributed by atoms with Crippen molar-refractivity contribution < 1.29 is 14.7 Å². The fourth-order valence-corrected chi connectivity index (χ4v) is 3.03. The smallest absolute Gasteiger partial charge is 0.270 e. The summed E-state index contributed by atoms with van der Waals surface area (Å²) in [4.78, 5) is 29.2. The first-order chi connectivity index (χ1) is 11.9. The van der Waals surface area contributed by atoms with Crippen LogP contribution < -0.4 is 5.32 Å². The zero-order chi connectivity index (χ0) is 18.2. The number of aromatic nitrogens is 1. The molecule has 0 saturated carbocycles. The van der Waals surface area contributed by atoms with Gasteiger partial charge in [-0.25, -0.2) is 0 Å². The predicted molar refractivity (Wildman–Crippen MR) is 89.7 cm³/mol. The van der Waals surface area contributed by atoms with Gasteiger partial charge in [0.25, 0.3) is 5.91 Å². The number of hydrogen-bond acceptors (Lipinski definition) is 5. The van der Waals surface area contributed by atoms with E-state index >= 15 is 0 Å². The molecule has 3 rings (SSSR count). The molecule has 6 nitrogen and oxygen atoms in total. The van der Waals surface area contributed by atoms with Crippen LogP contribution in [0.1, 0.15) is 51.9 Å². The molecule has 1 aliphatic carbocycles. The van der Waals surface area contributed by atoms with Crippen LogP contribution >= 0.6 is 0 Å². The van der Waals surface area contributed by atoms with Crippen molar-refractivity contribution in [3.05, 3.63) is 65.0 Å². The Morgan fingerprint density at radius 2 is 2.08 bits per heavy atom. The van der Waals surface area contributed by atoms with Crippen LogP contribution in [0.15, 0.2) is 42.6 Å². The normalized spacial score (nSPS) is 21.1. The minimum atomic E-state index is -1.13. The summed E-state index contributed by atoms with van der Waals surface area (Å²) < 4.78 is 0. The third-order valence-corrected chi connectivity index (χ3v) is 4.58. The Balaban J connectivity index is 2.06. The van der Waals surface area contributed by atoms with Gasteiger partial charge in [0.05, 0.1) is 29.2 Å². The lowest BCUT2D eigenvalue weighted by Gasteiger charge is -2.40. The number of fused-ring (bicyclic) bond motifs is 1. The summed E-state index contributed by atoms with van der Waals surface area (Å²) in [6.07, 6.45) is 0.371.